The van der Waals surface area contributed by atoms with E-state index < -0.39 is 0 Å². The third-order valence-electron chi connectivity index (χ3n) is 2.69. The number of para-hydroxylation sites is 1. The molecule has 0 saturated carbocycles. The molecule has 0 atom stereocenters. The highest BCUT2D eigenvalue weighted by Gasteiger charge is 2.13. The average Bonchev–Trinajstić information content (AvgIpc) is 2.49. The molecule has 0 unspecified atom stereocenters. The van der Waals surface area contributed by atoms with Gasteiger partial charge in [0.15, 0.2) is 0 Å². The van der Waals surface area contributed by atoms with E-state index in [1.807, 2.05) is 30.3 Å². The minimum absolute atomic E-state index is 0.229. The summed E-state index contributed by atoms with van der Waals surface area (Å²) in [7, 11) is 0. The Morgan fingerprint density at radius 3 is 2.81 bits per heavy atom. The number of hydrogen-bond donors (Lipinski definition) is 1. The van der Waals surface area contributed by atoms with Crippen LogP contribution in [0.5, 0.6) is 0 Å². The molecule has 0 heterocycles. The molecule has 2 nitrogen and oxygen atoms in total. The molecule has 0 aliphatic carbocycles. The van der Waals surface area contributed by atoms with E-state index in [1.54, 1.807) is 30.0 Å². The summed E-state index contributed by atoms with van der Waals surface area (Å²) in [5.74, 6) is 0.554. The number of carbonyl (C=O) groups excluding carboxylic acids is 1. The molecule has 0 saturated heterocycles. The fourth-order valence-corrected chi connectivity index (χ4v) is 3.04. The smallest absolute Gasteiger partial charge is 0.257 e. The van der Waals surface area contributed by atoms with Gasteiger partial charge in [0.25, 0.3) is 5.91 Å². The van der Waals surface area contributed by atoms with Gasteiger partial charge in [-0.1, -0.05) is 35.9 Å². The summed E-state index contributed by atoms with van der Waals surface area (Å²) in [5.41, 5.74) is 1.21. The second-order valence-electron chi connectivity index (χ2n) is 4.15. The minimum atomic E-state index is -0.229. The number of anilines is 1. The molecule has 5 heteroatoms. The number of carbonyl (C=O) groups is 1. The quantitative estimate of drug-likeness (QED) is 0.536. The van der Waals surface area contributed by atoms with Gasteiger partial charge in [0.2, 0.25) is 0 Å². The predicted molar refractivity (Wildman–Crippen MR) is 94.5 cm³/mol. The molecule has 0 radical (unpaired) electrons. The summed E-state index contributed by atoms with van der Waals surface area (Å²) in [5, 5.41) is 3.31. The Morgan fingerprint density at radius 1 is 1.29 bits per heavy atom. The van der Waals surface area contributed by atoms with Gasteiger partial charge in [-0.25, -0.2) is 0 Å². The molecule has 1 N–H and O–H groups in total. The Morgan fingerprint density at radius 2 is 2.05 bits per heavy atom. The monoisotopic (exact) mass is 381 g/mol. The van der Waals surface area contributed by atoms with Gasteiger partial charge in [0, 0.05) is 15.1 Å². The third-order valence-corrected chi connectivity index (χ3v) is 5.05. The molecular weight excluding hydrogens is 370 g/mol. The van der Waals surface area contributed by atoms with E-state index in [2.05, 4.69) is 27.8 Å². The zero-order chi connectivity index (χ0) is 15.2. The van der Waals surface area contributed by atoms with Crippen LogP contribution in [-0.4, -0.2) is 11.7 Å². The number of rotatable bonds is 5. The Kier molecular flexibility index (Phi) is 5.91. The molecule has 2 rings (SSSR count). The number of hydrogen-bond acceptors (Lipinski definition) is 2. The van der Waals surface area contributed by atoms with Crippen molar-refractivity contribution in [1.29, 1.82) is 0 Å². The largest absolute Gasteiger partial charge is 0.321 e. The topological polar surface area (TPSA) is 29.1 Å². The van der Waals surface area contributed by atoms with Crippen molar-refractivity contribution in [3.05, 3.63) is 70.2 Å². The maximum absolute atomic E-state index is 12.4. The van der Waals surface area contributed by atoms with Crippen molar-refractivity contribution in [2.24, 2.45) is 0 Å². The van der Waals surface area contributed by atoms with Gasteiger partial charge in [0.05, 0.1) is 16.3 Å². The molecule has 0 aliphatic rings. The molecule has 2 aromatic rings. The maximum atomic E-state index is 12.4. The summed E-state index contributed by atoms with van der Waals surface area (Å²) in [6, 6.07) is 12.9. The van der Waals surface area contributed by atoms with Gasteiger partial charge in [-0.2, -0.15) is 0 Å². The molecule has 2 aromatic carbocycles. The van der Waals surface area contributed by atoms with Crippen LogP contribution in [0, 0.1) is 0 Å². The van der Waals surface area contributed by atoms with Crippen LogP contribution >= 0.6 is 39.3 Å². The summed E-state index contributed by atoms with van der Waals surface area (Å²) in [4.78, 5) is 13.4. The van der Waals surface area contributed by atoms with Gasteiger partial charge in [-0.15, -0.1) is 18.3 Å². The summed E-state index contributed by atoms with van der Waals surface area (Å²) in [6.07, 6.45) is 1.83. The zero-order valence-electron chi connectivity index (χ0n) is 11.1. The van der Waals surface area contributed by atoms with Crippen LogP contribution in [0.3, 0.4) is 0 Å². The molecule has 0 spiro atoms. The van der Waals surface area contributed by atoms with Crippen LogP contribution in [0.4, 0.5) is 5.69 Å². The third kappa shape index (κ3) is 4.13. The second-order valence-corrected chi connectivity index (χ2v) is 6.45. The van der Waals surface area contributed by atoms with Crippen LogP contribution in [-0.2, 0) is 0 Å². The number of amides is 1. The van der Waals surface area contributed by atoms with Gasteiger partial charge < -0.3 is 5.32 Å². The standard InChI is InChI=1S/C16H13BrClNOS/c1-2-10-21-14-9-4-3-8-13(14)19-16(20)11-6-5-7-12(17)15(11)18/h2-9H,1,10H2,(H,19,20). The van der Waals surface area contributed by atoms with E-state index in [0.717, 1.165) is 16.3 Å². The summed E-state index contributed by atoms with van der Waals surface area (Å²) in [6.45, 7) is 3.70. The minimum Gasteiger partial charge on any atom is -0.321 e. The highest BCUT2D eigenvalue weighted by Crippen LogP contribution is 2.30. The lowest BCUT2D eigenvalue weighted by molar-refractivity contribution is 0.102. The van der Waals surface area contributed by atoms with Crippen LogP contribution in [0.25, 0.3) is 0 Å². The molecule has 0 fully saturated rings. The molecule has 0 bridgehead atoms. The first-order valence-electron chi connectivity index (χ1n) is 6.21. The summed E-state index contributed by atoms with van der Waals surface area (Å²) >= 11 is 11.1. The first kappa shape index (κ1) is 16.1. The number of benzene rings is 2. The van der Waals surface area contributed by atoms with Crippen molar-refractivity contribution in [2.75, 3.05) is 11.1 Å². The van der Waals surface area contributed by atoms with E-state index in [9.17, 15) is 4.79 Å². The molecular formula is C16H13BrClNOS. The Bertz CT molecular complexity index is 675. The number of halogens is 2. The van der Waals surface area contributed by atoms with Crippen LogP contribution in [0.15, 0.2) is 64.5 Å². The average molecular weight is 383 g/mol. The predicted octanol–water partition coefficient (Wildman–Crippen LogP) is 5.63. The van der Waals surface area contributed by atoms with Crippen molar-refractivity contribution in [3.63, 3.8) is 0 Å². The first-order valence-corrected chi connectivity index (χ1v) is 8.37. The highest BCUT2D eigenvalue weighted by molar-refractivity contribution is 9.10. The van der Waals surface area contributed by atoms with Crippen molar-refractivity contribution in [1.82, 2.24) is 0 Å². The molecule has 108 valence electrons. The van der Waals surface area contributed by atoms with Crippen LogP contribution in [0.2, 0.25) is 5.02 Å². The Hall–Kier alpha value is -1.23. The summed E-state index contributed by atoms with van der Waals surface area (Å²) < 4.78 is 0.700. The van der Waals surface area contributed by atoms with Crippen molar-refractivity contribution >= 4 is 50.9 Å². The second kappa shape index (κ2) is 7.69. The van der Waals surface area contributed by atoms with E-state index in [-0.39, 0.29) is 5.91 Å². The number of nitrogens with one attached hydrogen (secondary N) is 1. The molecule has 0 aliphatic heterocycles. The van der Waals surface area contributed by atoms with E-state index >= 15 is 0 Å². The maximum Gasteiger partial charge on any atom is 0.257 e. The van der Waals surface area contributed by atoms with Gasteiger partial charge in [-0.3, -0.25) is 4.79 Å². The van der Waals surface area contributed by atoms with Crippen molar-refractivity contribution in [3.8, 4) is 0 Å². The van der Waals surface area contributed by atoms with Crippen LogP contribution < -0.4 is 5.32 Å². The lowest BCUT2D eigenvalue weighted by Crippen LogP contribution is -2.13. The fraction of sp³-hybridized carbons (Fsp3) is 0.0625. The first-order chi connectivity index (χ1) is 10.1. The molecule has 0 aromatic heterocycles. The van der Waals surface area contributed by atoms with Gasteiger partial charge >= 0.3 is 0 Å². The van der Waals surface area contributed by atoms with Gasteiger partial charge in [0.1, 0.15) is 0 Å². The van der Waals surface area contributed by atoms with E-state index in [4.69, 9.17) is 11.6 Å². The van der Waals surface area contributed by atoms with Gasteiger partial charge in [-0.05, 0) is 40.2 Å². The molecule has 21 heavy (non-hydrogen) atoms. The fourth-order valence-electron chi connectivity index (χ4n) is 1.71. The van der Waals surface area contributed by atoms with Crippen LogP contribution in [0.1, 0.15) is 10.4 Å². The lowest BCUT2D eigenvalue weighted by Gasteiger charge is -2.11. The van der Waals surface area contributed by atoms with E-state index in [1.165, 1.54) is 0 Å². The highest BCUT2D eigenvalue weighted by atomic mass is 79.9. The number of thioether (sulfide) groups is 1. The Balaban J connectivity index is 2.23. The Labute approximate surface area is 141 Å². The van der Waals surface area contributed by atoms with E-state index in [0.29, 0.717) is 15.1 Å². The normalized spacial score (nSPS) is 10.2. The SMILES string of the molecule is C=CCSc1ccccc1NC(=O)c1cccc(Br)c1Cl. The van der Waals surface area contributed by atoms with Crippen molar-refractivity contribution in [2.45, 2.75) is 4.90 Å². The lowest BCUT2D eigenvalue weighted by atomic mass is 10.2. The molecule has 1 amide bonds. The van der Waals surface area contributed by atoms with Crippen molar-refractivity contribution < 1.29 is 4.79 Å². The zero-order valence-corrected chi connectivity index (χ0v) is 14.3.